The fourth-order valence-electron chi connectivity index (χ4n) is 4.12. The van der Waals surface area contributed by atoms with Crippen LogP contribution in [0.25, 0.3) is 0 Å². The first-order chi connectivity index (χ1) is 13.2. The van der Waals surface area contributed by atoms with Crippen molar-refractivity contribution in [2.75, 3.05) is 26.7 Å². The topological polar surface area (TPSA) is 74.3 Å². The first-order valence-corrected chi connectivity index (χ1v) is 9.73. The zero-order valence-electron chi connectivity index (χ0n) is 15.9. The van der Waals surface area contributed by atoms with Crippen LogP contribution >= 0.6 is 0 Å². The second kappa shape index (κ2) is 8.19. The van der Waals surface area contributed by atoms with Gasteiger partial charge in [0.15, 0.2) is 11.6 Å². The molecule has 1 atom stereocenters. The molecule has 0 spiro atoms. The minimum absolute atomic E-state index is 0.0987. The maximum Gasteiger partial charge on any atom is 0.237 e. The van der Waals surface area contributed by atoms with E-state index >= 15 is 0 Å². The number of ether oxygens (including phenoxy) is 1. The summed E-state index contributed by atoms with van der Waals surface area (Å²) in [7, 11) is 1.64. The number of likely N-dealkylation sites (tertiary alicyclic amines) is 1. The van der Waals surface area contributed by atoms with Crippen LogP contribution in [0.5, 0.6) is 0 Å². The maximum absolute atomic E-state index is 13.0. The van der Waals surface area contributed by atoms with Gasteiger partial charge in [-0.1, -0.05) is 30.7 Å². The van der Waals surface area contributed by atoms with Crippen LogP contribution in [0.15, 0.2) is 24.3 Å². The van der Waals surface area contributed by atoms with Crippen LogP contribution in [0.2, 0.25) is 0 Å². The summed E-state index contributed by atoms with van der Waals surface area (Å²) < 4.78 is 5.12. The lowest BCUT2D eigenvalue weighted by Gasteiger charge is -2.36. The number of aromatic amines is 1. The fourth-order valence-corrected chi connectivity index (χ4v) is 4.12. The number of carbonyl (C=O) groups is 1. The Morgan fingerprint density at radius 2 is 2.11 bits per heavy atom. The Hall–Kier alpha value is -2.25. The molecule has 3 heterocycles. The molecular weight excluding hydrogens is 342 g/mol. The molecule has 0 radical (unpaired) electrons. The Morgan fingerprint density at radius 3 is 2.96 bits per heavy atom. The Morgan fingerprint density at radius 1 is 1.26 bits per heavy atom. The van der Waals surface area contributed by atoms with E-state index < -0.39 is 0 Å². The van der Waals surface area contributed by atoms with Crippen molar-refractivity contribution < 1.29 is 9.53 Å². The van der Waals surface area contributed by atoms with E-state index in [2.05, 4.69) is 38.3 Å². The van der Waals surface area contributed by atoms with Gasteiger partial charge < -0.3 is 9.64 Å². The average Bonchev–Trinajstić information content (AvgIpc) is 3.17. The Bertz CT molecular complexity index is 790. The fraction of sp³-hybridized carbons (Fsp3) is 0.550. The van der Waals surface area contributed by atoms with E-state index in [1.54, 1.807) is 7.11 Å². The highest BCUT2D eigenvalue weighted by molar-refractivity contribution is 5.78. The predicted molar refractivity (Wildman–Crippen MR) is 101 cm³/mol. The minimum Gasteiger partial charge on any atom is -0.377 e. The summed E-state index contributed by atoms with van der Waals surface area (Å²) in [5, 5.41) is 7.32. The van der Waals surface area contributed by atoms with Gasteiger partial charge in [0.2, 0.25) is 5.91 Å². The number of hydrogen-bond donors (Lipinski definition) is 1. The summed E-state index contributed by atoms with van der Waals surface area (Å²) in [6.07, 6.45) is 4.18. The number of hydrogen-bond acceptors (Lipinski definition) is 5. The third-order valence-corrected chi connectivity index (χ3v) is 5.56. The van der Waals surface area contributed by atoms with Crippen LogP contribution in [0.3, 0.4) is 0 Å². The second-order valence-electron chi connectivity index (χ2n) is 7.39. The minimum atomic E-state index is 0.0987. The molecule has 4 rings (SSSR count). The van der Waals surface area contributed by atoms with Crippen molar-refractivity contribution in [3.05, 3.63) is 47.0 Å². The molecule has 2 aliphatic heterocycles. The Kier molecular flexibility index (Phi) is 5.50. The van der Waals surface area contributed by atoms with Gasteiger partial charge in [0.1, 0.15) is 6.61 Å². The van der Waals surface area contributed by atoms with Crippen LogP contribution in [0, 0.1) is 0 Å². The number of benzene rings is 1. The summed E-state index contributed by atoms with van der Waals surface area (Å²) in [5.74, 6) is 1.71. The molecule has 0 saturated carbocycles. The lowest BCUT2D eigenvalue weighted by molar-refractivity contribution is -0.134. The lowest BCUT2D eigenvalue weighted by Crippen LogP contribution is -2.45. The van der Waals surface area contributed by atoms with Gasteiger partial charge in [-0.15, -0.1) is 0 Å². The quantitative estimate of drug-likeness (QED) is 0.873. The largest absolute Gasteiger partial charge is 0.377 e. The van der Waals surface area contributed by atoms with Crippen LogP contribution in [-0.4, -0.2) is 57.6 Å². The molecule has 1 saturated heterocycles. The van der Waals surface area contributed by atoms with Crippen molar-refractivity contribution in [1.82, 2.24) is 25.0 Å². The maximum atomic E-state index is 13.0. The molecular formula is C20H27N5O2. The normalized spacial score (nSPS) is 20.5. The van der Waals surface area contributed by atoms with Crippen molar-refractivity contribution in [2.45, 2.75) is 44.9 Å². The highest BCUT2D eigenvalue weighted by atomic mass is 16.5. The molecule has 7 nitrogen and oxygen atoms in total. The summed E-state index contributed by atoms with van der Waals surface area (Å²) in [6.45, 7) is 3.28. The Labute approximate surface area is 159 Å². The van der Waals surface area contributed by atoms with Gasteiger partial charge in [0.25, 0.3) is 0 Å². The molecule has 2 aromatic rings. The standard InChI is InChI=1S/C20H27N5O2/c1-27-14-18-21-20(23-22-18)17-8-4-5-10-24(17)13-19(26)25-11-9-15-6-2-3-7-16(15)12-25/h2-3,6-7,17H,4-5,8-14H2,1H3,(H,21,22,23). The molecule has 1 unspecified atom stereocenters. The molecule has 7 heteroatoms. The number of nitrogens with zero attached hydrogens (tertiary/aromatic N) is 4. The van der Waals surface area contributed by atoms with Gasteiger partial charge in [-0.05, 0) is 36.9 Å². The third-order valence-electron chi connectivity index (χ3n) is 5.56. The van der Waals surface area contributed by atoms with Crippen LogP contribution in [0.4, 0.5) is 0 Å². The summed E-state index contributed by atoms with van der Waals surface area (Å²) >= 11 is 0. The van der Waals surface area contributed by atoms with Crippen LogP contribution in [0.1, 0.15) is 48.1 Å². The van der Waals surface area contributed by atoms with E-state index in [4.69, 9.17) is 4.74 Å². The molecule has 1 aromatic carbocycles. The van der Waals surface area contributed by atoms with Gasteiger partial charge in [-0.2, -0.15) is 5.10 Å². The zero-order valence-corrected chi connectivity index (χ0v) is 15.9. The zero-order chi connectivity index (χ0) is 18.6. The van der Waals surface area contributed by atoms with E-state index in [9.17, 15) is 4.79 Å². The van der Waals surface area contributed by atoms with Gasteiger partial charge >= 0.3 is 0 Å². The molecule has 27 heavy (non-hydrogen) atoms. The number of aromatic nitrogens is 3. The number of amides is 1. The monoisotopic (exact) mass is 369 g/mol. The number of piperidine rings is 1. The number of nitrogens with one attached hydrogen (secondary N) is 1. The SMILES string of the molecule is COCc1nc(C2CCCCN2CC(=O)N2CCc3ccccc3C2)n[nH]1. The van der Waals surface area contributed by atoms with Crippen molar-refractivity contribution in [2.24, 2.45) is 0 Å². The average molecular weight is 369 g/mol. The van der Waals surface area contributed by atoms with Gasteiger partial charge in [0.05, 0.1) is 12.6 Å². The molecule has 1 fully saturated rings. The number of methoxy groups -OCH3 is 1. The van der Waals surface area contributed by atoms with Crippen LogP contribution < -0.4 is 0 Å². The van der Waals surface area contributed by atoms with Gasteiger partial charge in [-0.25, -0.2) is 4.98 Å². The molecule has 1 amide bonds. The first kappa shape index (κ1) is 18.1. The molecule has 1 aromatic heterocycles. The van der Waals surface area contributed by atoms with Crippen molar-refractivity contribution in [3.63, 3.8) is 0 Å². The summed E-state index contributed by atoms with van der Waals surface area (Å²) in [6, 6.07) is 8.52. The molecule has 2 aliphatic rings. The van der Waals surface area contributed by atoms with E-state index in [1.807, 2.05) is 11.0 Å². The van der Waals surface area contributed by atoms with Crippen molar-refractivity contribution in [3.8, 4) is 0 Å². The molecule has 144 valence electrons. The molecule has 0 aliphatic carbocycles. The third kappa shape index (κ3) is 4.04. The lowest BCUT2D eigenvalue weighted by atomic mass is 9.99. The van der Waals surface area contributed by atoms with Crippen molar-refractivity contribution in [1.29, 1.82) is 0 Å². The summed E-state index contributed by atoms with van der Waals surface area (Å²) in [5.41, 5.74) is 2.63. The Balaban J connectivity index is 1.42. The van der Waals surface area contributed by atoms with Crippen LogP contribution in [-0.2, 0) is 29.1 Å². The highest BCUT2D eigenvalue weighted by Gasteiger charge is 2.30. The van der Waals surface area contributed by atoms with Gasteiger partial charge in [0, 0.05) is 20.2 Å². The van der Waals surface area contributed by atoms with Gasteiger partial charge in [-0.3, -0.25) is 14.8 Å². The second-order valence-corrected chi connectivity index (χ2v) is 7.39. The summed E-state index contributed by atoms with van der Waals surface area (Å²) in [4.78, 5) is 21.8. The van der Waals surface area contributed by atoms with Crippen molar-refractivity contribution >= 4 is 5.91 Å². The van der Waals surface area contributed by atoms with E-state index in [1.165, 1.54) is 11.1 Å². The number of carbonyl (C=O) groups excluding carboxylic acids is 1. The molecule has 0 bridgehead atoms. The first-order valence-electron chi connectivity index (χ1n) is 9.73. The van der Waals surface area contributed by atoms with E-state index in [-0.39, 0.29) is 11.9 Å². The highest BCUT2D eigenvalue weighted by Crippen LogP contribution is 2.29. The number of H-pyrrole nitrogens is 1. The number of rotatable bonds is 5. The van der Waals surface area contributed by atoms with E-state index in [0.717, 1.165) is 50.4 Å². The smallest absolute Gasteiger partial charge is 0.237 e. The predicted octanol–water partition coefficient (Wildman–Crippen LogP) is 2.06. The number of fused-ring (bicyclic) bond motifs is 1. The molecule has 1 N–H and O–H groups in total. The van der Waals surface area contributed by atoms with E-state index in [0.29, 0.717) is 19.7 Å².